The molecule has 0 atom stereocenters. The number of anilines is 1. The van der Waals surface area contributed by atoms with E-state index in [1.807, 2.05) is 0 Å². The minimum Gasteiger partial charge on any atom is -0.353 e. The summed E-state index contributed by atoms with van der Waals surface area (Å²) >= 11 is 0. The summed E-state index contributed by atoms with van der Waals surface area (Å²) in [4.78, 5) is 13.8. The average Bonchev–Trinajstić information content (AvgIpc) is 2.36. The van der Waals surface area contributed by atoms with Gasteiger partial charge in [0.1, 0.15) is 0 Å². The Morgan fingerprint density at radius 2 is 1.85 bits per heavy atom. The highest BCUT2D eigenvalue weighted by atomic mass is 16.2. The number of nitrogens with one attached hydrogen (secondary N) is 1. The first-order valence-electron chi connectivity index (χ1n) is 6.84. The quantitative estimate of drug-likeness (QED) is 0.494. The fraction of sp³-hybridized carbons (Fsp3) is 0.438. The van der Waals surface area contributed by atoms with Gasteiger partial charge in [-0.2, -0.15) is 0 Å². The molecular weight excluding hydrogens is 250 g/mol. The zero-order chi connectivity index (χ0) is 15.1. The molecule has 0 aromatic heterocycles. The van der Waals surface area contributed by atoms with E-state index in [1.165, 1.54) is 22.3 Å². The summed E-state index contributed by atoms with van der Waals surface area (Å²) in [6, 6.07) is 4.35. The number of hydrazine groups is 1. The highest BCUT2D eigenvalue weighted by molar-refractivity contribution is 5.87. The Hall–Kier alpha value is -1.81. The average molecular weight is 273 g/mol. The SMILES string of the molecule is CC1=CC(C)(C)N(CC(=O)NN)c2cc(C)c(C)cc21. The van der Waals surface area contributed by atoms with Gasteiger partial charge in [0, 0.05) is 11.3 Å². The highest BCUT2D eigenvalue weighted by Gasteiger charge is 2.32. The maximum absolute atomic E-state index is 11.7. The number of aryl methyl sites for hydroxylation is 2. The van der Waals surface area contributed by atoms with Crippen LogP contribution in [0.25, 0.3) is 5.57 Å². The van der Waals surface area contributed by atoms with Crippen LogP contribution >= 0.6 is 0 Å². The van der Waals surface area contributed by atoms with E-state index in [0.717, 1.165) is 5.69 Å². The van der Waals surface area contributed by atoms with E-state index in [2.05, 4.69) is 63.2 Å². The molecule has 0 saturated carbocycles. The predicted molar refractivity (Wildman–Crippen MR) is 83.3 cm³/mol. The van der Waals surface area contributed by atoms with E-state index in [-0.39, 0.29) is 18.0 Å². The van der Waals surface area contributed by atoms with Gasteiger partial charge in [-0.15, -0.1) is 0 Å². The van der Waals surface area contributed by atoms with Crippen molar-refractivity contribution in [3.63, 3.8) is 0 Å². The van der Waals surface area contributed by atoms with Crippen molar-refractivity contribution >= 4 is 17.2 Å². The molecule has 4 heteroatoms. The third-order valence-corrected chi connectivity index (χ3v) is 4.06. The van der Waals surface area contributed by atoms with Crippen molar-refractivity contribution in [2.75, 3.05) is 11.4 Å². The Morgan fingerprint density at radius 1 is 1.25 bits per heavy atom. The minimum atomic E-state index is -0.217. The number of carbonyl (C=O) groups excluding carboxylic acids is 1. The molecule has 108 valence electrons. The second-order valence-corrected chi connectivity index (χ2v) is 6.09. The zero-order valence-corrected chi connectivity index (χ0v) is 12.9. The Morgan fingerprint density at radius 3 is 2.45 bits per heavy atom. The molecule has 3 N–H and O–H groups in total. The number of carbonyl (C=O) groups is 1. The number of hydrogen-bond acceptors (Lipinski definition) is 3. The third-order valence-electron chi connectivity index (χ3n) is 4.06. The van der Waals surface area contributed by atoms with Crippen LogP contribution in [0.4, 0.5) is 5.69 Å². The summed E-state index contributed by atoms with van der Waals surface area (Å²) in [5.74, 6) is 5.05. The van der Waals surface area contributed by atoms with Crippen LogP contribution in [-0.4, -0.2) is 18.0 Å². The van der Waals surface area contributed by atoms with Crippen molar-refractivity contribution in [2.45, 2.75) is 40.2 Å². The fourth-order valence-corrected chi connectivity index (χ4v) is 2.81. The summed E-state index contributed by atoms with van der Waals surface area (Å²) < 4.78 is 0. The lowest BCUT2D eigenvalue weighted by atomic mass is 9.87. The lowest BCUT2D eigenvalue weighted by molar-refractivity contribution is -0.120. The molecule has 4 nitrogen and oxygen atoms in total. The molecule has 0 radical (unpaired) electrons. The van der Waals surface area contributed by atoms with Gasteiger partial charge in [0.2, 0.25) is 0 Å². The maximum Gasteiger partial charge on any atom is 0.253 e. The van der Waals surface area contributed by atoms with Crippen LogP contribution in [0, 0.1) is 13.8 Å². The molecule has 0 unspecified atom stereocenters. The summed E-state index contributed by atoms with van der Waals surface area (Å²) in [6.07, 6.45) is 2.20. The molecule has 2 rings (SSSR count). The molecular formula is C16H23N3O. The first-order chi connectivity index (χ1) is 9.26. The molecule has 0 spiro atoms. The first-order valence-corrected chi connectivity index (χ1v) is 6.84. The molecule has 0 bridgehead atoms. The number of hydrogen-bond donors (Lipinski definition) is 2. The van der Waals surface area contributed by atoms with Crippen LogP contribution < -0.4 is 16.2 Å². The maximum atomic E-state index is 11.7. The van der Waals surface area contributed by atoms with Crippen LogP contribution in [0.2, 0.25) is 0 Å². The molecule has 1 amide bonds. The van der Waals surface area contributed by atoms with Crippen molar-refractivity contribution in [3.05, 3.63) is 34.9 Å². The molecule has 0 aliphatic carbocycles. The number of amides is 1. The number of fused-ring (bicyclic) bond motifs is 1. The molecule has 1 aromatic carbocycles. The van der Waals surface area contributed by atoms with Gasteiger partial charge in [-0.25, -0.2) is 5.84 Å². The standard InChI is InChI=1S/C16H23N3O/c1-10-6-13-12(3)8-16(4,5)19(9-15(20)18-17)14(13)7-11(10)2/h6-8H,9,17H2,1-5H3,(H,18,20). The Kier molecular flexibility index (Phi) is 3.61. The first kappa shape index (κ1) is 14.6. The number of nitrogens with two attached hydrogens (primary N) is 1. The van der Waals surface area contributed by atoms with E-state index in [1.54, 1.807) is 0 Å². The number of rotatable bonds is 2. The minimum absolute atomic E-state index is 0.185. The van der Waals surface area contributed by atoms with Gasteiger partial charge in [-0.05, 0) is 63.5 Å². The second kappa shape index (κ2) is 4.94. The van der Waals surface area contributed by atoms with Crippen molar-refractivity contribution in [3.8, 4) is 0 Å². The van der Waals surface area contributed by atoms with E-state index >= 15 is 0 Å². The van der Waals surface area contributed by atoms with Crippen LogP contribution in [0.15, 0.2) is 18.2 Å². The molecule has 1 aromatic rings. The van der Waals surface area contributed by atoms with Gasteiger partial charge in [0.25, 0.3) is 5.91 Å². The third kappa shape index (κ3) is 2.43. The van der Waals surface area contributed by atoms with Crippen molar-refractivity contribution in [2.24, 2.45) is 5.84 Å². The van der Waals surface area contributed by atoms with E-state index in [4.69, 9.17) is 5.84 Å². The van der Waals surface area contributed by atoms with Crippen molar-refractivity contribution in [1.82, 2.24) is 5.43 Å². The van der Waals surface area contributed by atoms with E-state index in [9.17, 15) is 4.79 Å². The fourth-order valence-electron chi connectivity index (χ4n) is 2.81. The molecule has 0 saturated heterocycles. The molecule has 1 aliphatic heterocycles. The summed E-state index contributed by atoms with van der Waals surface area (Å²) in [5.41, 5.74) is 8.03. The summed E-state index contributed by atoms with van der Waals surface area (Å²) in [7, 11) is 0. The number of nitrogens with zero attached hydrogens (tertiary/aromatic N) is 1. The van der Waals surface area contributed by atoms with Crippen LogP contribution in [0.5, 0.6) is 0 Å². The normalized spacial score (nSPS) is 16.5. The molecule has 1 aliphatic rings. The molecule has 0 fully saturated rings. The monoisotopic (exact) mass is 273 g/mol. The van der Waals surface area contributed by atoms with Crippen LogP contribution in [-0.2, 0) is 4.79 Å². The van der Waals surface area contributed by atoms with E-state index in [0.29, 0.717) is 0 Å². The smallest absolute Gasteiger partial charge is 0.253 e. The highest BCUT2D eigenvalue weighted by Crippen LogP contribution is 2.39. The van der Waals surface area contributed by atoms with Crippen molar-refractivity contribution in [1.29, 1.82) is 0 Å². The van der Waals surface area contributed by atoms with Gasteiger partial charge >= 0.3 is 0 Å². The van der Waals surface area contributed by atoms with Gasteiger partial charge in [-0.1, -0.05) is 6.08 Å². The number of benzene rings is 1. The van der Waals surface area contributed by atoms with Gasteiger partial charge in [0.15, 0.2) is 0 Å². The number of allylic oxidation sites excluding steroid dienone is 1. The Labute approximate surface area is 120 Å². The Balaban J connectivity index is 2.58. The Bertz CT molecular complexity index is 588. The van der Waals surface area contributed by atoms with Gasteiger partial charge < -0.3 is 4.90 Å². The molecule has 20 heavy (non-hydrogen) atoms. The second-order valence-electron chi connectivity index (χ2n) is 6.09. The lowest BCUT2D eigenvalue weighted by Crippen LogP contribution is -2.51. The van der Waals surface area contributed by atoms with Gasteiger partial charge in [0.05, 0.1) is 12.1 Å². The van der Waals surface area contributed by atoms with Crippen LogP contribution in [0.1, 0.15) is 37.5 Å². The summed E-state index contributed by atoms with van der Waals surface area (Å²) in [5, 5.41) is 0. The van der Waals surface area contributed by atoms with Crippen LogP contribution in [0.3, 0.4) is 0 Å². The molecule has 1 heterocycles. The van der Waals surface area contributed by atoms with E-state index < -0.39 is 0 Å². The predicted octanol–water partition coefficient (Wildman–Crippen LogP) is 2.30. The topological polar surface area (TPSA) is 58.4 Å². The van der Waals surface area contributed by atoms with Gasteiger partial charge in [-0.3, -0.25) is 10.2 Å². The van der Waals surface area contributed by atoms with Crippen molar-refractivity contribution < 1.29 is 4.79 Å². The zero-order valence-electron chi connectivity index (χ0n) is 12.9. The largest absolute Gasteiger partial charge is 0.353 e. The lowest BCUT2D eigenvalue weighted by Gasteiger charge is -2.43. The summed E-state index contributed by atoms with van der Waals surface area (Å²) in [6.45, 7) is 10.8.